The normalized spacial score (nSPS) is 11.8. The third-order valence-corrected chi connectivity index (χ3v) is 6.62. The molecule has 0 aliphatic rings. The summed E-state index contributed by atoms with van der Waals surface area (Å²) in [6.45, 7) is 11.7. The Bertz CT molecular complexity index is 1430. The van der Waals surface area contributed by atoms with E-state index in [4.69, 9.17) is 21.6 Å². The number of nitrogens with one attached hydrogen (secondary N) is 1. The highest BCUT2D eigenvalue weighted by molar-refractivity contribution is 6.31. The fourth-order valence-corrected chi connectivity index (χ4v) is 4.63. The first-order valence-corrected chi connectivity index (χ1v) is 13.0. The van der Waals surface area contributed by atoms with Crippen LogP contribution in [0.4, 0.5) is 14.6 Å². The van der Waals surface area contributed by atoms with Gasteiger partial charge in [-0.3, -0.25) is 9.88 Å². The summed E-state index contributed by atoms with van der Waals surface area (Å²) >= 11 is 6.34. The van der Waals surface area contributed by atoms with E-state index < -0.39 is 5.92 Å². The van der Waals surface area contributed by atoms with Crippen molar-refractivity contribution in [3.8, 4) is 11.3 Å². The summed E-state index contributed by atoms with van der Waals surface area (Å²) in [5, 5.41) is 4.98. The van der Waals surface area contributed by atoms with Crippen LogP contribution in [0, 0.1) is 0 Å². The first kappa shape index (κ1) is 27.6. The van der Waals surface area contributed by atoms with Crippen molar-refractivity contribution in [2.24, 2.45) is 0 Å². The summed E-state index contributed by atoms with van der Waals surface area (Å²) in [4.78, 5) is 16.2. The van der Waals surface area contributed by atoms with E-state index in [1.807, 2.05) is 43.3 Å². The van der Waals surface area contributed by atoms with Gasteiger partial charge in [0.2, 0.25) is 0 Å². The van der Waals surface area contributed by atoms with Crippen LogP contribution >= 0.6 is 11.6 Å². The Morgan fingerprint density at radius 2 is 1.89 bits per heavy atom. The molecule has 0 bridgehead atoms. The van der Waals surface area contributed by atoms with Crippen LogP contribution in [0.3, 0.4) is 0 Å². The minimum absolute atomic E-state index is 0.120. The second-order valence-electron chi connectivity index (χ2n) is 9.54. The maximum Gasteiger partial charge on any atom is 0.272 e. The van der Waals surface area contributed by atoms with Gasteiger partial charge >= 0.3 is 0 Å². The molecule has 2 heterocycles. The number of aromatic nitrogens is 3. The molecular formula is C30H32ClF2N5. The van der Waals surface area contributed by atoms with E-state index in [0.29, 0.717) is 35.8 Å². The van der Waals surface area contributed by atoms with Gasteiger partial charge in [-0.15, -0.1) is 0 Å². The summed E-state index contributed by atoms with van der Waals surface area (Å²) in [6, 6.07) is 16.2. The van der Waals surface area contributed by atoms with Crippen molar-refractivity contribution >= 4 is 28.3 Å². The van der Waals surface area contributed by atoms with Crippen LogP contribution in [0.2, 0.25) is 5.02 Å². The summed E-state index contributed by atoms with van der Waals surface area (Å²) in [6.07, 6.45) is 2.25. The van der Waals surface area contributed by atoms with Crippen LogP contribution in [-0.2, 0) is 18.9 Å². The molecule has 198 valence electrons. The van der Waals surface area contributed by atoms with Crippen LogP contribution in [0.5, 0.6) is 0 Å². The molecule has 2 aromatic carbocycles. The number of pyridine rings is 1. The molecule has 2 aromatic heterocycles. The molecule has 0 atom stereocenters. The van der Waals surface area contributed by atoms with Gasteiger partial charge in [-0.1, -0.05) is 54.9 Å². The molecule has 4 rings (SSSR count). The van der Waals surface area contributed by atoms with E-state index in [1.54, 1.807) is 6.07 Å². The summed E-state index contributed by atoms with van der Waals surface area (Å²) in [7, 11) is 0. The number of benzene rings is 2. The minimum atomic E-state index is -3.02. The standard InChI is InChI=1S/C30H32ClF2N5/c1-5-38(18-20(2)3)19-27-36-26-17-22(28-24(30(4,32)33)10-8-15-34-28)12-13-23(26)29(37-27)35-16-14-21-9-6-7-11-25(21)31/h6-13,15,17H,2,5,14,16,18-19H2,1,3-4H3,(H,35,36,37). The summed E-state index contributed by atoms with van der Waals surface area (Å²) in [5.74, 6) is -1.69. The summed E-state index contributed by atoms with van der Waals surface area (Å²) < 4.78 is 28.7. The van der Waals surface area contributed by atoms with Gasteiger partial charge in [0.15, 0.2) is 0 Å². The molecule has 0 saturated carbocycles. The summed E-state index contributed by atoms with van der Waals surface area (Å²) in [5.41, 5.74) is 3.46. The first-order chi connectivity index (χ1) is 18.2. The van der Waals surface area contributed by atoms with E-state index in [-0.39, 0.29) is 11.3 Å². The topological polar surface area (TPSA) is 53.9 Å². The predicted octanol–water partition coefficient (Wildman–Crippen LogP) is 7.51. The van der Waals surface area contributed by atoms with Gasteiger partial charge in [-0.05, 0) is 55.8 Å². The number of rotatable bonds is 11. The van der Waals surface area contributed by atoms with E-state index in [9.17, 15) is 8.78 Å². The van der Waals surface area contributed by atoms with E-state index in [1.165, 1.54) is 18.3 Å². The van der Waals surface area contributed by atoms with Gasteiger partial charge in [0.05, 0.1) is 17.8 Å². The average Bonchev–Trinajstić information content (AvgIpc) is 2.88. The molecule has 8 heteroatoms. The smallest absolute Gasteiger partial charge is 0.272 e. The van der Waals surface area contributed by atoms with Gasteiger partial charge < -0.3 is 5.32 Å². The maximum absolute atomic E-state index is 14.3. The zero-order valence-corrected chi connectivity index (χ0v) is 22.7. The fraction of sp³-hybridized carbons (Fsp3) is 0.300. The number of anilines is 1. The van der Waals surface area contributed by atoms with Gasteiger partial charge in [0.25, 0.3) is 5.92 Å². The van der Waals surface area contributed by atoms with Gasteiger partial charge in [0.1, 0.15) is 11.6 Å². The molecule has 0 aliphatic carbocycles. The van der Waals surface area contributed by atoms with Crippen LogP contribution in [0.1, 0.15) is 37.7 Å². The number of fused-ring (bicyclic) bond motifs is 1. The number of likely N-dealkylation sites (N-methyl/N-ethyl adjacent to an activating group) is 1. The van der Waals surface area contributed by atoms with E-state index in [0.717, 1.165) is 48.0 Å². The van der Waals surface area contributed by atoms with Crippen molar-refractivity contribution in [1.29, 1.82) is 0 Å². The molecule has 0 aliphatic heterocycles. The van der Waals surface area contributed by atoms with Gasteiger partial charge in [0, 0.05) is 47.7 Å². The quantitative estimate of drug-likeness (QED) is 0.201. The van der Waals surface area contributed by atoms with Crippen molar-refractivity contribution < 1.29 is 8.78 Å². The zero-order chi connectivity index (χ0) is 27.3. The third kappa shape index (κ3) is 6.71. The van der Waals surface area contributed by atoms with Crippen molar-refractivity contribution in [2.45, 2.75) is 39.7 Å². The molecule has 0 radical (unpaired) electrons. The lowest BCUT2D eigenvalue weighted by Crippen LogP contribution is -2.26. The second kappa shape index (κ2) is 12.0. The van der Waals surface area contributed by atoms with Crippen LogP contribution in [-0.4, -0.2) is 39.5 Å². The lowest BCUT2D eigenvalue weighted by molar-refractivity contribution is 0.0178. The van der Waals surface area contributed by atoms with E-state index in [2.05, 4.69) is 28.7 Å². The fourth-order valence-electron chi connectivity index (χ4n) is 4.40. The molecule has 0 fully saturated rings. The van der Waals surface area contributed by atoms with Crippen molar-refractivity contribution in [3.05, 3.63) is 94.9 Å². The highest BCUT2D eigenvalue weighted by Crippen LogP contribution is 2.35. The molecule has 0 spiro atoms. The van der Waals surface area contributed by atoms with Crippen LogP contribution in [0.25, 0.3) is 22.2 Å². The van der Waals surface area contributed by atoms with Crippen LogP contribution in [0.15, 0.2) is 72.9 Å². The number of nitrogens with zero attached hydrogens (tertiary/aromatic N) is 4. The Hall–Kier alpha value is -3.42. The first-order valence-electron chi connectivity index (χ1n) is 12.6. The number of alkyl halides is 2. The molecule has 38 heavy (non-hydrogen) atoms. The second-order valence-corrected chi connectivity index (χ2v) is 9.94. The Balaban J connectivity index is 1.73. The monoisotopic (exact) mass is 535 g/mol. The Kier molecular flexibility index (Phi) is 8.69. The molecule has 0 unspecified atom stereocenters. The Morgan fingerprint density at radius 3 is 2.61 bits per heavy atom. The molecular weight excluding hydrogens is 504 g/mol. The Labute approximate surface area is 227 Å². The zero-order valence-electron chi connectivity index (χ0n) is 21.9. The molecule has 0 saturated heterocycles. The minimum Gasteiger partial charge on any atom is -0.369 e. The van der Waals surface area contributed by atoms with Crippen LogP contribution < -0.4 is 5.32 Å². The highest BCUT2D eigenvalue weighted by atomic mass is 35.5. The molecule has 0 amide bonds. The van der Waals surface area contributed by atoms with Gasteiger partial charge in [-0.2, -0.15) is 0 Å². The lowest BCUT2D eigenvalue weighted by Gasteiger charge is -2.20. The van der Waals surface area contributed by atoms with E-state index >= 15 is 0 Å². The molecule has 4 aromatic rings. The lowest BCUT2D eigenvalue weighted by atomic mass is 10.0. The highest BCUT2D eigenvalue weighted by Gasteiger charge is 2.28. The average molecular weight is 536 g/mol. The van der Waals surface area contributed by atoms with Gasteiger partial charge in [-0.25, -0.2) is 18.7 Å². The largest absolute Gasteiger partial charge is 0.369 e. The molecule has 5 nitrogen and oxygen atoms in total. The third-order valence-electron chi connectivity index (χ3n) is 6.25. The Morgan fingerprint density at radius 1 is 1.11 bits per heavy atom. The van der Waals surface area contributed by atoms with Crippen molar-refractivity contribution in [3.63, 3.8) is 0 Å². The number of halogens is 3. The number of hydrogen-bond donors (Lipinski definition) is 1. The molecule has 1 N–H and O–H groups in total. The van der Waals surface area contributed by atoms with Crippen molar-refractivity contribution in [2.75, 3.05) is 25.0 Å². The maximum atomic E-state index is 14.3. The van der Waals surface area contributed by atoms with Crippen molar-refractivity contribution in [1.82, 2.24) is 19.9 Å². The SMILES string of the molecule is C=C(C)CN(CC)Cc1nc(NCCc2ccccc2Cl)c2ccc(-c3ncccc3C(C)(F)F)cc2n1. The number of hydrogen-bond acceptors (Lipinski definition) is 5. The predicted molar refractivity (Wildman–Crippen MR) is 152 cm³/mol.